The summed E-state index contributed by atoms with van der Waals surface area (Å²) in [5, 5.41) is 17.7. The maximum absolute atomic E-state index is 12.6. The Morgan fingerprint density at radius 3 is 2.45 bits per heavy atom. The summed E-state index contributed by atoms with van der Waals surface area (Å²) in [6.07, 6.45) is 0. The van der Waals surface area contributed by atoms with Crippen LogP contribution >= 0.6 is 27.3 Å². The van der Waals surface area contributed by atoms with E-state index in [1.165, 1.54) is 17.4 Å². The molecule has 0 saturated heterocycles. The minimum atomic E-state index is -1.12. The van der Waals surface area contributed by atoms with Crippen molar-refractivity contribution >= 4 is 44.8 Å². The second-order valence-electron chi connectivity index (χ2n) is 6.06. The molecule has 2 aromatic heterocycles. The molecule has 144 valence electrons. The standard InChI is InChI=1S/C21H13BrN2O4S/c22-14-8-6-13(7-9-14)19-18(21(26)27)16(11-29-19)23-20(25)15-10-17(28-24-15)12-4-2-1-3-5-12/h1-11H,(H,23,25)(H,26,27). The number of halogens is 1. The summed E-state index contributed by atoms with van der Waals surface area (Å²) < 4.78 is 6.14. The van der Waals surface area contributed by atoms with Crippen LogP contribution in [0.4, 0.5) is 5.69 Å². The zero-order valence-electron chi connectivity index (χ0n) is 14.8. The summed E-state index contributed by atoms with van der Waals surface area (Å²) in [7, 11) is 0. The maximum atomic E-state index is 12.6. The highest BCUT2D eigenvalue weighted by atomic mass is 79.9. The number of nitrogens with one attached hydrogen (secondary N) is 1. The number of anilines is 1. The zero-order valence-corrected chi connectivity index (χ0v) is 17.2. The Bertz CT molecular complexity index is 1180. The fourth-order valence-electron chi connectivity index (χ4n) is 2.78. The van der Waals surface area contributed by atoms with E-state index in [1.54, 1.807) is 5.38 Å². The molecule has 0 bridgehead atoms. The Kier molecular flexibility index (Phi) is 5.28. The second kappa shape index (κ2) is 8.02. The van der Waals surface area contributed by atoms with Crippen molar-refractivity contribution in [3.8, 4) is 21.8 Å². The molecule has 8 heteroatoms. The van der Waals surface area contributed by atoms with Crippen molar-refractivity contribution in [1.82, 2.24) is 5.16 Å². The molecule has 0 aliphatic heterocycles. The Hall–Kier alpha value is -3.23. The van der Waals surface area contributed by atoms with E-state index in [-0.39, 0.29) is 16.9 Å². The summed E-state index contributed by atoms with van der Waals surface area (Å²) in [4.78, 5) is 25.0. The van der Waals surface area contributed by atoms with Gasteiger partial charge in [0.1, 0.15) is 5.56 Å². The molecule has 29 heavy (non-hydrogen) atoms. The first-order valence-electron chi connectivity index (χ1n) is 8.47. The molecule has 0 radical (unpaired) electrons. The van der Waals surface area contributed by atoms with E-state index in [0.29, 0.717) is 10.6 Å². The number of hydrogen-bond donors (Lipinski definition) is 2. The maximum Gasteiger partial charge on any atom is 0.339 e. The lowest BCUT2D eigenvalue weighted by Crippen LogP contribution is -2.14. The van der Waals surface area contributed by atoms with Gasteiger partial charge in [-0.15, -0.1) is 11.3 Å². The van der Waals surface area contributed by atoms with Gasteiger partial charge in [0.25, 0.3) is 5.91 Å². The number of rotatable bonds is 5. The van der Waals surface area contributed by atoms with Crippen LogP contribution in [0.5, 0.6) is 0 Å². The molecule has 6 nitrogen and oxygen atoms in total. The van der Waals surface area contributed by atoms with Crippen LogP contribution in [-0.4, -0.2) is 22.1 Å². The number of carbonyl (C=O) groups excluding carboxylic acids is 1. The van der Waals surface area contributed by atoms with Gasteiger partial charge in [0.2, 0.25) is 0 Å². The Balaban J connectivity index is 1.61. The van der Waals surface area contributed by atoms with Gasteiger partial charge >= 0.3 is 5.97 Å². The molecule has 0 aliphatic rings. The molecule has 2 aromatic carbocycles. The summed E-state index contributed by atoms with van der Waals surface area (Å²) in [6, 6.07) is 18.1. The lowest BCUT2D eigenvalue weighted by molar-refractivity contribution is 0.0699. The van der Waals surface area contributed by atoms with E-state index in [1.807, 2.05) is 54.6 Å². The van der Waals surface area contributed by atoms with Crippen LogP contribution in [0.3, 0.4) is 0 Å². The zero-order chi connectivity index (χ0) is 20.4. The molecule has 4 aromatic rings. The van der Waals surface area contributed by atoms with E-state index in [0.717, 1.165) is 15.6 Å². The number of thiophene rings is 1. The predicted octanol–water partition coefficient (Wildman–Crippen LogP) is 5.78. The van der Waals surface area contributed by atoms with E-state index in [4.69, 9.17) is 4.52 Å². The molecule has 1 amide bonds. The van der Waals surface area contributed by atoms with Gasteiger partial charge in [-0.25, -0.2) is 4.79 Å². The van der Waals surface area contributed by atoms with Gasteiger partial charge in [0.05, 0.1) is 10.6 Å². The van der Waals surface area contributed by atoms with E-state index >= 15 is 0 Å². The van der Waals surface area contributed by atoms with Gasteiger partial charge in [-0.1, -0.05) is 63.6 Å². The number of carboxylic acid groups (broad SMARTS) is 1. The number of nitrogens with zero attached hydrogens (tertiary/aromatic N) is 1. The second-order valence-corrected chi connectivity index (χ2v) is 7.86. The number of benzene rings is 2. The van der Waals surface area contributed by atoms with Crippen molar-refractivity contribution in [3.05, 3.63) is 81.8 Å². The highest BCUT2D eigenvalue weighted by Crippen LogP contribution is 2.36. The van der Waals surface area contributed by atoms with Crippen LogP contribution in [0.1, 0.15) is 20.8 Å². The Labute approximate surface area is 177 Å². The summed E-state index contributed by atoms with van der Waals surface area (Å²) >= 11 is 4.61. The topological polar surface area (TPSA) is 92.4 Å². The van der Waals surface area contributed by atoms with Gasteiger partial charge in [-0.2, -0.15) is 0 Å². The third kappa shape index (κ3) is 3.98. The van der Waals surface area contributed by atoms with Gasteiger partial charge in [0.15, 0.2) is 11.5 Å². The van der Waals surface area contributed by atoms with E-state index in [9.17, 15) is 14.7 Å². The first-order chi connectivity index (χ1) is 14.0. The highest BCUT2D eigenvalue weighted by molar-refractivity contribution is 9.10. The van der Waals surface area contributed by atoms with Crippen LogP contribution in [0, 0.1) is 0 Å². The number of hydrogen-bond acceptors (Lipinski definition) is 5. The number of amides is 1. The minimum absolute atomic E-state index is 0.0393. The molecule has 0 saturated carbocycles. The fourth-order valence-corrected chi connectivity index (χ4v) is 4.05. The molecule has 2 N–H and O–H groups in total. The molecule has 0 atom stereocenters. The molecular weight excluding hydrogens is 456 g/mol. The van der Waals surface area contributed by atoms with Crippen LogP contribution in [0.2, 0.25) is 0 Å². The van der Waals surface area contributed by atoms with Gasteiger partial charge < -0.3 is 14.9 Å². The average molecular weight is 469 g/mol. The molecule has 2 heterocycles. The minimum Gasteiger partial charge on any atom is -0.478 e. The van der Waals surface area contributed by atoms with Crippen LogP contribution < -0.4 is 5.32 Å². The van der Waals surface area contributed by atoms with Crippen LogP contribution in [0.25, 0.3) is 21.8 Å². The van der Waals surface area contributed by atoms with E-state index < -0.39 is 11.9 Å². The Morgan fingerprint density at radius 1 is 1.03 bits per heavy atom. The molecule has 0 unspecified atom stereocenters. The number of carboxylic acids is 1. The van der Waals surface area contributed by atoms with Gasteiger partial charge in [-0.05, 0) is 17.7 Å². The molecule has 0 spiro atoms. The largest absolute Gasteiger partial charge is 0.478 e. The van der Waals surface area contributed by atoms with Crippen LogP contribution in [-0.2, 0) is 0 Å². The summed E-state index contributed by atoms with van der Waals surface area (Å²) in [5.41, 5.74) is 1.87. The SMILES string of the molecule is O=C(Nc1csc(-c2ccc(Br)cc2)c1C(=O)O)c1cc(-c2ccccc2)on1. The van der Waals surface area contributed by atoms with Crippen molar-refractivity contribution in [3.63, 3.8) is 0 Å². The van der Waals surface area contributed by atoms with Crippen LogP contribution in [0.15, 0.2) is 75.0 Å². The molecule has 4 rings (SSSR count). The van der Waals surface area contributed by atoms with Gasteiger partial charge in [0, 0.05) is 21.5 Å². The quantitative estimate of drug-likeness (QED) is 0.387. The van der Waals surface area contributed by atoms with Crippen molar-refractivity contribution < 1.29 is 19.2 Å². The fraction of sp³-hybridized carbons (Fsp3) is 0. The van der Waals surface area contributed by atoms with Crippen molar-refractivity contribution in [2.75, 3.05) is 5.32 Å². The molecule has 0 fully saturated rings. The third-order valence-electron chi connectivity index (χ3n) is 4.16. The normalized spacial score (nSPS) is 10.7. The smallest absolute Gasteiger partial charge is 0.339 e. The third-order valence-corrected chi connectivity index (χ3v) is 5.72. The Morgan fingerprint density at radius 2 is 1.76 bits per heavy atom. The number of aromatic nitrogens is 1. The first-order valence-corrected chi connectivity index (χ1v) is 10.1. The monoisotopic (exact) mass is 468 g/mol. The van der Waals surface area contributed by atoms with Crippen molar-refractivity contribution in [2.45, 2.75) is 0 Å². The van der Waals surface area contributed by atoms with E-state index in [2.05, 4.69) is 26.4 Å². The molecule has 0 aliphatic carbocycles. The number of aromatic carboxylic acids is 1. The van der Waals surface area contributed by atoms with Crippen molar-refractivity contribution in [2.24, 2.45) is 0 Å². The lowest BCUT2D eigenvalue weighted by Gasteiger charge is -2.05. The summed E-state index contributed by atoms with van der Waals surface area (Å²) in [5.74, 6) is -1.21. The van der Waals surface area contributed by atoms with Crippen molar-refractivity contribution in [1.29, 1.82) is 0 Å². The summed E-state index contributed by atoms with van der Waals surface area (Å²) in [6.45, 7) is 0. The first kappa shape index (κ1) is 19.1. The van der Waals surface area contributed by atoms with Gasteiger partial charge in [-0.3, -0.25) is 4.79 Å². The highest BCUT2D eigenvalue weighted by Gasteiger charge is 2.22. The average Bonchev–Trinajstić information content (AvgIpc) is 3.37. The predicted molar refractivity (Wildman–Crippen MR) is 114 cm³/mol. The number of carbonyl (C=O) groups is 2. The lowest BCUT2D eigenvalue weighted by atomic mass is 10.1. The molecular formula is C21H13BrN2O4S.